The van der Waals surface area contributed by atoms with Gasteiger partial charge in [-0.15, -0.1) is 68.0 Å². The summed E-state index contributed by atoms with van der Waals surface area (Å²) in [6.45, 7) is 29.3. The average Bonchev–Trinajstić information content (AvgIpc) is 1.54. The first-order valence-electron chi connectivity index (χ1n) is 39.9. The SMILES string of the molecule is CCCCC(CC)C[Si]1(CC(CC)CCCC)c2cc(-c3cc4c(s3)-c3sc(-c5cc(F)cc6nsnc56)cc3[Si]4(CC(CC)CCCC)CC(CC)CCCC)sc2-c2sc(-c3cc4c(s3)-c3sc(-c5cc(F)cc6nsnc56)cc3[Si]4(CC(CC)CCCC)CC(CC)CCCC)cc21. The van der Waals surface area contributed by atoms with Gasteiger partial charge < -0.3 is 0 Å². The summed E-state index contributed by atoms with van der Waals surface area (Å²) in [5.41, 5.74) is 4.83. The Balaban J connectivity index is 1.01. The Bertz CT molecular complexity index is 4110. The molecule has 11 heterocycles. The lowest BCUT2D eigenvalue weighted by Gasteiger charge is -2.36. The summed E-state index contributed by atoms with van der Waals surface area (Å²) in [5, 5.41) is 10.3. The van der Waals surface area contributed by atoms with Gasteiger partial charge in [0.05, 0.1) is 23.5 Å². The van der Waals surface area contributed by atoms with Crippen LogP contribution in [0.1, 0.15) is 237 Å². The highest BCUT2D eigenvalue weighted by molar-refractivity contribution is 7.37. The zero-order valence-electron chi connectivity index (χ0n) is 62.8. The van der Waals surface area contributed by atoms with E-state index in [1.54, 1.807) is 65.1 Å². The fraction of sp³-hybridized carbons (Fsp3) is 0.571. The van der Waals surface area contributed by atoms with Crippen LogP contribution in [-0.2, 0) is 0 Å². The van der Waals surface area contributed by atoms with Gasteiger partial charge in [-0.1, -0.05) is 237 Å². The lowest BCUT2D eigenvalue weighted by atomic mass is 10.0. The van der Waals surface area contributed by atoms with Crippen molar-refractivity contribution >= 4 is 169 Å². The third-order valence-electron chi connectivity index (χ3n) is 24.9. The Morgan fingerprint density at radius 3 is 0.723 bits per heavy atom. The van der Waals surface area contributed by atoms with Crippen LogP contribution in [0.4, 0.5) is 8.78 Å². The molecule has 6 unspecified atom stereocenters. The number of fused-ring (bicyclic) bond motifs is 11. The monoisotopic (exact) mass is 1550 g/mol. The molecule has 0 N–H and O–H groups in total. The average molecular weight is 1560 g/mol. The predicted molar refractivity (Wildman–Crippen MR) is 457 cm³/mol. The van der Waals surface area contributed by atoms with E-state index >= 15 is 8.78 Å². The maximum atomic E-state index is 15.8. The quantitative estimate of drug-likeness (QED) is 0.0359. The molecule has 0 saturated carbocycles. The number of halogens is 2. The van der Waals surface area contributed by atoms with Gasteiger partial charge >= 0.3 is 0 Å². The number of unbranched alkanes of at least 4 members (excludes halogenated alkanes) is 6. The number of rotatable bonds is 40. The second-order valence-corrected chi connectivity index (χ2v) is 50.8. The highest BCUT2D eigenvalue weighted by Gasteiger charge is 2.54. The first kappa shape index (κ1) is 76.0. The number of hydrogen-bond donors (Lipinski definition) is 0. The van der Waals surface area contributed by atoms with E-state index in [0.717, 1.165) is 22.2 Å². The molecule has 3 aliphatic rings. The van der Waals surface area contributed by atoms with Gasteiger partial charge in [0.25, 0.3) is 0 Å². The Kier molecular flexibility index (Phi) is 25.2. The van der Waals surface area contributed by atoms with Gasteiger partial charge in [-0.2, -0.15) is 17.5 Å². The van der Waals surface area contributed by atoms with Crippen molar-refractivity contribution in [1.82, 2.24) is 17.5 Å². The van der Waals surface area contributed by atoms with Crippen LogP contribution in [-0.4, -0.2) is 41.7 Å². The van der Waals surface area contributed by atoms with Crippen molar-refractivity contribution in [3.63, 3.8) is 0 Å². The molecule has 13 rings (SSSR count). The van der Waals surface area contributed by atoms with E-state index in [2.05, 4.69) is 174 Å². The van der Waals surface area contributed by atoms with Crippen LogP contribution in [0.3, 0.4) is 0 Å². The minimum absolute atomic E-state index is 0.227. The van der Waals surface area contributed by atoms with Crippen molar-refractivity contribution in [2.75, 3.05) is 0 Å². The molecular weight excluding hydrogens is 1440 g/mol. The third kappa shape index (κ3) is 14.8. The summed E-state index contributed by atoms with van der Waals surface area (Å²) in [6, 6.07) is 31.1. The second kappa shape index (κ2) is 33.5. The van der Waals surface area contributed by atoms with Crippen LogP contribution in [0.2, 0.25) is 36.3 Å². The van der Waals surface area contributed by atoms with E-state index in [1.807, 2.05) is 22.7 Å². The first-order chi connectivity index (χ1) is 49.2. The van der Waals surface area contributed by atoms with E-state index in [0.29, 0.717) is 46.5 Å². The molecule has 0 spiro atoms. The Hall–Kier alpha value is -3.21. The molecule has 0 bridgehead atoms. The highest BCUT2D eigenvalue weighted by Crippen LogP contribution is 2.56. The zero-order chi connectivity index (χ0) is 70.7. The zero-order valence-corrected chi connectivity index (χ0v) is 72.3. The molecule has 0 aliphatic carbocycles. The molecule has 4 nitrogen and oxygen atoms in total. The standard InChI is InChI=1S/C84H112F2N4S8Si3/c1-13-25-31-53(19-7)47-99(48-54(20-8)32-26-14-2)71-41-65(61-37-59(85)39-63-77(61)89-97-87-63)91-79(71)81-73(99)43-67(93-81)69-45-75-83(95-69)84-76(101(75,51-57(23-11)35-29-17-5)52-58(24-12)36-30-18-6)46-70(96-84)68-44-74-82(94-68)80-72(42-66(92-80)62-38-60(86)40-64-78(62)90-98-88-64)100(74,49-55(21-9)33-27-15-3)50-56(22-10)34-28-16-4/h37-46,53-58H,13-36,47-52H2,1-12H3. The van der Waals surface area contributed by atoms with Crippen molar-refractivity contribution in [3.8, 4) is 69.7 Å². The molecule has 3 aliphatic heterocycles. The summed E-state index contributed by atoms with van der Waals surface area (Å²) in [7, 11) is -7.31. The summed E-state index contributed by atoms with van der Waals surface area (Å²) in [5.74, 6) is 3.60. The number of nitrogens with zero attached hydrogens (tertiary/aromatic N) is 4. The van der Waals surface area contributed by atoms with Crippen LogP contribution in [0, 0.1) is 47.1 Å². The van der Waals surface area contributed by atoms with Gasteiger partial charge in [0.2, 0.25) is 0 Å². The van der Waals surface area contributed by atoms with Crippen LogP contribution in [0.25, 0.3) is 91.7 Å². The van der Waals surface area contributed by atoms with Gasteiger partial charge in [-0.3, -0.25) is 0 Å². The maximum Gasteiger partial charge on any atom is 0.126 e. The summed E-state index contributed by atoms with van der Waals surface area (Å²) < 4.78 is 50.5. The Labute approximate surface area is 640 Å². The summed E-state index contributed by atoms with van der Waals surface area (Å²) in [4.78, 5) is 17.6. The van der Waals surface area contributed by atoms with Crippen LogP contribution in [0.5, 0.6) is 0 Å². The van der Waals surface area contributed by atoms with Crippen molar-refractivity contribution in [2.24, 2.45) is 35.5 Å². The molecule has 0 radical (unpaired) electrons. The van der Waals surface area contributed by atoms with Gasteiger partial charge in [-0.05, 0) is 151 Å². The molecule has 6 atom stereocenters. The lowest BCUT2D eigenvalue weighted by Crippen LogP contribution is -2.57. The second-order valence-electron chi connectivity index (χ2n) is 31.3. The topological polar surface area (TPSA) is 51.6 Å². The Morgan fingerprint density at radius 1 is 0.287 bits per heavy atom. The number of hydrogen-bond acceptors (Lipinski definition) is 12. The maximum absolute atomic E-state index is 15.8. The smallest absolute Gasteiger partial charge is 0.126 e. The van der Waals surface area contributed by atoms with E-state index in [4.69, 9.17) is 8.75 Å². The molecule has 8 aromatic heterocycles. The molecule has 10 aromatic rings. The van der Waals surface area contributed by atoms with Crippen molar-refractivity contribution in [3.05, 3.63) is 72.3 Å². The fourth-order valence-electron chi connectivity index (χ4n) is 19.0. The fourth-order valence-corrected chi connectivity index (χ4v) is 51.4. The van der Waals surface area contributed by atoms with Gasteiger partial charge in [-0.25, -0.2) is 8.78 Å². The van der Waals surface area contributed by atoms with Crippen molar-refractivity contribution < 1.29 is 8.78 Å². The van der Waals surface area contributed by atoms with Crippen molar-refractivity contribution in [1.29, 1.82) is 0 Å². The first-order valence-corrected chi connectivity index (χ1v) is 53.5. The predicted octanol–water partition coefficient (Wildman–Crippen LogP) is 26.9. The minimum Gasteiger partial charge on any atom is -0.207 e. The van der Waals surface area contributed by atoms with E-state index < -0.39 is 24.2 Å². The largest absolute Gasteiger partial charge is 0.207 e. The minimum atomic E-state index is -2.44. The third-order valence-corrected chi connectivity index (χ3v) is 51.0. The van der Waals surface area contributed by atoms with Gasteiger partial charge in [0.15, 0.2) is 0 Å². The highest BCUT2D eigenvalue weighted by atomic mass is 32.1. The molecule has 0 amide bonds. The van der Waals surface area contributed by atoms with Gasteiger partial charge in [0, 0.05) is 81.8 Å². The van der Waals surface area contributed by atoms with E-state index in [-0.39, 0.29) is 11.6 Å². The molecule has 542 valence electrons. The van der Waals surface area contributed by atoms with Crippen molar-refractivity contribution in [2.45, 2.75) is 273 Å². The molecular formula is C84H112F2N4S8Si3. The molecule has 0 fully saturated rings. The van der Waals surface area contributed by atoms with Crippen LogP contribution in [0.15, 0.2) is 60.7 Å². The number of aromatic nitrogens is 4. The normalized spacial score (nSPS) is 19.3. The summed E-state index contributed by atoms with van der Waals surface area (Å²) >= 11 is 14.9. The molecule has 2 aromatic carbocycles. The van der Waals surface area contributed by atoms with Crippen LogP contribution >= 0.6 is 91.5 Å². The number of thiophene rings is 6. The molecule has 17 heteroatoms. The lowest BCUT2D eigenvalue weighted by molar-refractivity contribution is 0.469. The molecule has 0 saturated heterocycles. The van der Waals surface area contributed by atoms with Crippen LogP contribution < -0.4 is 31.1 Å². The Morgan fingerprint density at radius 2 is 0.505 bits per heavy atom. The van der Waals surface area contributed by atoms with E-state index in [9.17, 15) is 0 Å². The molecule has 101 heavy (non-hydrogen) atoms. The van der Waals surface area contributed by atoms with Gasteiger partial charge in [0.1, 0.15) is 57.9 Å². The number of benzene rings is 2. The summed E-state index contributed by atoms with van der Waals surface area (Å²) in [6.07, 6.45) is 30.3. The van der Waals surface area contributed by atoms with E-state index in [1.165, 1.54) is 263 Å².